The van der Waals surface area contributed by atoms with Crippen molar-refractivity contribution in [3.05, 3.63) is 24.2 Å². The van der Waals surface area contributed by atoms with Crippen LogP contribution in [0.15, 0.2) is 28.0 Å². The molecule has 0 saturated carbocycles. The third-order valence-corrected chi connectivity index (χ3v) is 4.51. The van der Waals surface area contributed by atoms with Crippen molar-refractivity contribution in [3.63, 3.8) is 0 Å². The van der Waals surface area contributed by atoms with Crippen molar-refractivity contribution in [3.8, 4) is 0 Å². The van der Waals surface area contributed by atoms with Gasteiger partial charge in [-0.2, -0.15) is 0 Å². The summed E-state index contributed by atoms with van der Waals surface area (Å²) in [6.07, 6.45) is 6.97. The zero-order chi connectivity index (χ0) is 16.1. The molecule has 1 aliphatic heterocycles. The van der Waals surface area contributed by atoms with E-state index < -0.39 is 0 Å². The molecule has 0 unspecified atom stereocenters. The van der Waals surface area contributed by atoms with E-state index in [2.05, 4.69) is 25.3 Å². The van der Waals surface area contributed by atoms with E-state index in [9.17, 15) is 4.79 Å². The number of carbonyl (C=O) groups excluding carboxylic acids is 1. The number of rotatable bonds is 5. The lowest BCUT2D eigenvalue weighted by atomic mass is 10.1. The van der Waals surface area contributed by atoms with Crippen molar-refractivity contribution < 1.29 is 9.32 Å². The van der Waals surface area contributed by atoms with Gasteiger partial charge in [-0.3, -0.25) is 4.79 Å². The minimum Gasteiger partial charge on any atom is -0.360 e. The number of aryl methyl sites for hydroxylation is 1. The molecule has 2 aromatic heterocycles. The molecule has 1 N–H and O–H groups in total. The summed E-state index contributed by atoms with van der Waals surface area (Å²) in [7, 11) is 0. The van der Waals surface area contributed by atoms with Crippen LogP contribution in [0.2, 0.25) is 0 Å². The summed E-state index contributed by atoms with van der Waals surface area (Å²) in [6, 6.07) is 1.68. The lowest BCUT2D eigenvalue weighted by Crippen LogP contribution is -2.30. The topological polar surface area (TPSA) is 84.2 Å². The number of nitrogens with zero attached hydrogens (tertiary/aromatic N) is 4. The van der Waals surface area contributed by atoms with Gasteiger partial charge in [-0.15, -0.1) is 0 Å². The SMILES string of the molecule is Cc1cc(NC(=O)CSc2nccnc2N2CCCCC2)no1. The van der Waals surface area contributed by atoms with Crippen LogP contribution in [0.3, 0.4) is 0 Å². The summed E-state index contributed by atoms with van der Waals surface area (Å²) in [5.74, 6) is 2.09. The molecule has 8 heteroatoms. The third-order valence-electron chi connectivity index (χ3n) is 3.54. The molecule has 3 rings (SSSR count). The van der Waals surface area contributed by atoms with Crippen LogP contribution in [0.4, 0.5) is 11.6 Å². The molecule has 122 valence electrons. The second-order valence-corrected chi connectivity index (χ2v) is 6.36. The van der Waals surface area contributed by atoms with Crippen molar-refractivity contribution in [1.82, 2.24) is 15.1 Å². The molecular formula is C15H19N5O2S. The Bertz CT molecular complexity index is 669. The van der Waals surface area contributed by atoms with E-state index in [1.807, 2.05) is 0 Å². The van der Waals surface area contributed by atoms with Crippen molar-refractivity contribution in [1.29, 1.82) is 0 Å². The van der Waals surface area contributed by atoms with Gasteiger partial charge in [-0.05, 0) is 26.2 Å². The molecule has 1 amide bonds. The van der Waals surface area contributed by atoms with Crippen LogP contribution in [0.5, 0.6) is 0 Å². The Hall–Kier alpha value is -2.09. The van der Waals surface area contributed by atoms with Gasteiger partial charge in [0.15, 0.2) is 11.6 Å². The largest absolute Gasteiger partial charge is 0.360 e. The van der Waals surface area contributed by atoms with Gasteiger partial charge in [-0.25, -0.2) is 9.97 Å². The van der Waals surface area contributed by atoms with Crippen molar-refractivity contribution >= 4 is 29.3 Å². The lowest BCUT2D eigenvalue weighted by molar-refractivity contribution is -0.113. The minimum atomic E-state index is -0.140. The summed E-state index contributed by atoms with van der Waals surface area (Å²) >= 11 is 1.39. The van der Waals surface area contributed by atoms with Gasteiger partial charge in [0.05, 0.1) is 5.75 Å². The summed E-state index contributed by atoms with van der Waals surface area (Å²) in [5, 5.41) is 7.25. The van der Waals surface area contributed by atoms with Gasteiger partial charge < -0.3 is 14.7 Å². The van der Waals surface area contributed by atoms with Crippen LogP contribution >= 0.6 is 11.8 Å². The first-order chi connectivity index (χ1) is 11.2. The monoisotopic (exact) mass is 333 g/mol. The van der Waals surface area contributed by atoms with Crippen molar-refractivity contribution in [2.75, 3.05) is 29.1 Å². The molecule has 23 heavy (non-hydrogen) atoms. The summed E-state index contributed by atoms with van der Waals surface area (Å²) in [5.41, 5.74) is 0. The van der Waals surface area contributed by atoms with E-state index in [0.717, 1.165) is 23.9 Å². The number of thioether (sulfide) groups is 1. The highest BCUT2D eigenvalue weighted by Crippen LogP contribution is 2.27. The van der Waals surface area contributed by atoms with Crippen LogP contribution in [0, 0.1) is 6.92 Å². The standard InChI is InChI=1S/C15H19N5O2S/c1-11-9-12(19-22-11)18-13(21)10-23-15-14(16-5-6-17-15)20-7-3-2-4-8-20/h5-6,9H,2-4,7-8,10H2,1H3,(H,18,19,21). The number of hydrogen-bond acceptors (Lipinski definition) is 7. The first-order valence-corrected chi connectivity index (χ1v) is 8.63. The number of anilines is 2. The highest BCUT2D eigenvalue weighted by Gasteiger charge is 2.17. The second kappa shape index (κ2) is 7.45. The average Bonchev–Trinajstić information content (AvgIpc) is 2.99. The maximum absolute atomic E-state index is 12.0. The average molecular weight is 333 g/mol. The molecule has 0 atom stereocenters. The molecule has 0 aliphatic carbocycles. The van der Waals surface area contributed by atoms with Crippen LogP contribution in [-0.2, 0) is 4.79 Å². The third kappa shape index (κ3) is 4.22. The number of nitrogens with one attached hydrogen (secondary N) is 1. The van der Waals surface area contributed by atoms with E-state index in [-0.39, 0.29) is 11.7 Å². The first-order valence-electron chi connectivity index (χ1n) is 7.64. The van der Waals surface area contributed by atoms with Gasteiger partial charge in [-0.1, -0.05) is 16.9 Å². The Morgan fingerprint density at radius 3 is 2.83 bits per heavy atom. The van der Waals surface area contributed by atoms with E-state index >= 15 is 0 Å². The maximum Gasteiger partial charge on any atom is 0.236 e. The zero-order valence-electron chi connectivity index (χ0n) is 13.0. The summed E-state index contributed by atoms with van der Waals surface area (Å²) in [4.78, 5) is 23.1. The molecule has 0 bridgehead atoms. The van der Waals surface area contributed by atoms with Gasteiger partial charge in [0.25, 0.3) is 0 Å². The van der Waals surface area contributed by atoms with Gasteiger partial charge in [0.1, 0.15) is 10.8 Å². The Morgan fingerprint density at radius 2 is 2.09 bits per heavy atom. The van der Waals surface area contributed by atoms with E-state index in [0.29, 0.717) is 11.6 Å². The van der Waals surface area contributed by atoms with Crippen LogP contribution in [-0.4, -0.2) is 39.9 Å². The smallest absolute Gasteiger partial charge is 0.236 e. The highest BCUT2D eigenvalue weighted by molar-refractivity contribution is 8.00. The normalized spacial score (nSPS) is 14.7. The van der Waals surface area contributed by atoms with Crippen molar-refractivity contribution in [2.45, 2.75) is 31.2 Å². The second-order valence-electron chi connectivity index (χ2n) is 5.39. The molecule has 1 aliphatic rings. The molecule has 1 fully saturated rings. The fourth-order valence-electron chi connectivity index (χ4n) is 2.48. The Balaban J connectivity index is 1.60. The van der Waals surface area contributed by atoms with Crippen LogP contribution in [0.1, 0.15) is 25.0 Å². The molecule has 1 saturated heterocycles. The lowest BCUT2D eigenvalue weighted by Gasteiger charge is -2.28. The Labute approximate surface area is 138 Å². The van der Waals surface area contributed by atoms with Crippen LogP contribution < -0.4 is 10.2 Å². The number of amides is 1. The fraction of sp³-hybridized carbons (Fsp3) is 0.467. The van der Waals surface area contributed by atoms with Gasteiger partial charge >= 0.3 is 0 Å². The number of aromatic nitrogens is 3. The molecule has 3 heterocycles. The molecule has 0 aromatic carbocycles. The maximum atomic E-state index is 12.0. The number of piperidine rings is 1. The van der Waals surface area contributed by atoms with Crippen molar-refractivity contribution in [2.24, 2.45) is 0 Å². The molecule has 2 aromatic rings. The quantitative estimate of drug-likeness (QED) is 0.841. The number of carbonyl (C=O) groups is 1. The van der Waals surface area contributed by atoms with Gasteiger partial charge in [0, 0.05) is 31.5 Å². The van der Waals surface area contributed by atoms with E-state index in [1.54, 1.807) is 25.4 Å². The molecular weight excluding hydrogens is 314 g/mol. The molecule has 0 spiro atoms. The fourth-order valence-corrected chi connectivity index (χ4v) is 3.27. The minimum absolute atomic E-state index is 0.140. The molecule has 0 radical (unpaired) electrons. The van der Waals surface area contributed by atoms with Crippen LogP contribution in [0.25, 0.3) is 0 Å². The molecule has 7 nitrogen and oxygen atoms in total. The highest BCUT2D eigenvalue weighted by atomic mass is 32.2. The Morgan fingerprint density at radius 1 is 1.30 bits per heavy atom. The predicted octanol–water partition coefficient (Wildman–Crippen LogP) is 2.49. The van der Waals surface area contributed by atoms with E-state index in [4.69, 9.17) is 4.52 Å². The zero-order valence-corrected chi connectivity index (χ0v) is 13.8. The number of hydrogen-bond donors (Lipinski definition) is 1. The predicted molar refractivity (Wildman–Crippen MR) is 88.7 cm³/mol. The van der Waals surface area contributed by atoms with Gasteiger partial charge in [0.2, 0.25) is 5.91 Å². The first kappa shape index (κ1) is 15.8. The summed E-state index contributed by atoms with van der Waals surface area (Å²) < 4.78 is 4.93. The Kier molecular flexibility index (Phi) is 5.12. The summed E-state index contributed by atoms with van der Waals surface area (Å²) in [6.45, 7) is 3.77. The van der Waals surface area contributed by atoms with E-state index in [1.165, 1.54) is 31.0 Å².